The van der Waals surface area contributed by atoms with Crippen LogP contribution in [0.2, 0.25) is 0 Å². The first-order valence-corrected chi connectivity index (χ1v) is 11.5. The number of furan rings is 1. The lowest BCUT2D eigenvalue weighted by atomic mass is 9.85. The molecule has 1 N–H and O–H groups in total. The van der Waals surface area contributed by atoms with Gasteiger partial charge in [-0.3, -0.25) is 9.69 Å². The summed E-state index contributed by atoms with van der Waals surface area (Å²) in [5.41, 5.74) is 0.503. The average molecular weight is 472 g/mol. The van der Waals surface area contributed by atoms with E-state index in [-0.39, 0.29) is 5.41 Å². The van der Waals surface area contributed by atoms with Crippen molar-refractivity contribution in [2.45, 2.75) is 50.6 Å². The first kappa shape index (κ1) is 19.8. The van der Waals surface area contributed by atoms with E-state index < -0.39 is 0 Å². The number of aromatic nitrogens is 1. The molecule has 0 radical (unpaired) electrons. The van der Waals surface area contributed by atoms with Crippen molar-refractivity contribution in [1.29, 1.82) is 5.26 Å². The molecule has 1 unspecified atom stereocenters. The van der Waals surface area contributed by atoms with Crippen molar-refractivity contribution in [2.24, 2.45) is 5.41 Å². The fraction of sp³-hybridized carbons (Fsp3) is 0.591. The van der Waals surface area contributed by atoms with Crippen molar-refractivity contribution in [3.8, 4) is 6.07 Å². The van der Waals surface area contributed by atoms with E-state index >= 15 is 0 Å². The molecule has 3 aliphatic rings. The van der Waals surface area contributed by atoms with Gasteiger partial charge in [-0.1, -0.05) is 0 Å². The van der Waals surface area contributed by atoms with Gasteiger partial charge in [-0.05, 0) is 61.0 Å². The number of rotatable bonds is 3. The van der Waals surface area contributed by atoms with Gasteiger partial charge in [0.25, 0.3) is 0 Å². The van der Waals surface area contributed by atoms with E-state index in [9.17, 15) is 4.79 Å². The summed E-state index contributed by atoms with van der Waals surface area (Å²) in [7, 11) is 1.94. The molecule has 2 aromatic rings. The summed E-state index contributed by atoms with van der Waals surface area (Å²) in [4.78, 5) is 21.6. The van der Waals surface area contributed by atoms with Crippen LogP contribution in [0.15, 0.2) is 21.2 Å². The van der Waals surface area contributed by atoms with Gasteiger partial charge in [0, 0.05) is 43.7 Å². The maximum atomic E-state index is 12.6. The number of carbonyl (C=O) groups is 1. The predicted molar refractivity (Wildman–Crippen MR) is 117 cm³/mol. The summed E-state index contributed by atoms with van der Waals surface area (Å²) >= 11 is 3.62. The van der Waals surface area contributed by atoms with Crippen LogP contribution in [-0.4, -0.2) is 59.5 Å². The summed E-state index contributed by atoms with van der Waals surface area (Å²) in [5, 5.41) is 13.5. The van der Waals surface area contributed by atoms with E-state index in [1.165, 1.54) is 0 Å². The number of likely N-dealkylation sites (tertiary alicyclic amines) is 2. The normalized spacial score (nSPS) is 29.8. The molecular formula is C22H26BrN5O2. The molecule has 0 bridgehead atoms. The van der Waals surface area contributed by atoms with Crippen molar-refractivity contribution in [1.82, 2.24) is 14.8 Å². The second-order valence-corrected chi connectivity index (χ2v) is 9.84. The van der Waals surface area contributed by atoms with Gasteiger partial charge >= 0.3 is 0 Å². The lowest BCUT2D eigenvalue weighted by Gasteiger charge is -2.36. The zero-order valence-corrected chi connectivity index (χ0v) is 18.7. The molecule has 1 spiro atoms. The minimum Gasteiger partial charge on any atom is -0.444 e. The number of fused-ring (bicyclic) bond motifs is 1. The zero-order chi connectivity index (χ0) is 20.9. The molecular weight excluding hydrogens is 446 g/mol. The highest BCUT2D eigenvalue weighted by Crippen LogP contribution is 2.42. The second-order valence-electron chi connectivity index (χ2n) is 9.05. The molecule has 5 rings (SSSR count). The molecule has 30 heavy (non-hydrogen) atoms. The number of pyridine rings is 1. The molecule has 1 saturated carbocycles. The molecule has 1 amide bonds. The Morgan fingerprint density at radius 2 is 2.07 bits per heavy atom. The number of hydrogen-bond acceptors (Lipinski definition) is 6. The Kier molecular flexibility index (Phi) is 4.98. The highest BCUT2D eigenvalue weighted by atomic mass is 79.9. The van der Waals surface area contributed by atoms with Crippen LogP contribution in [-0.2, 0) is 4.79 Å². The lowest BCUT2D eigenvalue weighted by molar-refractivity contribution is -0.134. The van der Waals surface area contributed by atoms with Crippen molar-refractivity contribution in [3.05, 3.63) is 22.5 Å². The second kappa shape index (κ2) is 7.54. The van der Waals surface area contributed by atoms with E-state index in [0.29, 0.717) is 29.3 Å². The summed E-state index contributed by atoms with van der Waals surface area (Å²) in [6.07, 6.45) is 8.16. The van der Waals surface area contributed by atoms with Gasteiger partial charge in [0.15, 0.2) is 5.58 Å². The number of carbonyl (C=O) groups excluding carboxylic acids is 1. The van der Waals surface area contributed by atoms with Gasteiger partial charge < -0.3 is 14.6 Å². The van der Waals surface area contributed by atoms with Crippen LogP contribution in [0.1, 0.15) is 44.3 Å². The monoisotopic (exact) mass is 471 g/mol. The quantitative estimate of drug-likeness (QED) is 0.733. The molecule has 2 aliphatic heterocycles. The van der Waals surface area contributed by atoms with Crippen LogP contribution in [0.4, 0.5) is 5.82 Å². The fourth-order valence-corrected chi connectivity index (χ4v) is 6.03. The minimum absolute atomic E-state index is 0.110. The van der Waals surface area contributed by atoms with Crippen LogP contribution < -0.4 is 5.32 Å². The lowest BCUT2D eigenvalue weighted by Crippen LogP contribution is -2.42. The maximum absolute atomic E-state index is 12.6. The largest absolute Gasteiger partial charge is 0.444 e. The van der Waals surface area contributed by atoms with E-state index in [4.69, 9.17) is 9.68 Å². The third-order valence-electron chi connectivity index (χ3n) is 7.29. The summed E-state index contributed by atoms with van der Waals surface area (Å²) in [6, 6.07) is 4.73. The Balaban J connectivity index is 1.20. The standard InChI is InChI=1S/C22H26BrN5O2/c1-27-8-6-22(21(27)29)7-9-28(13-22)15-4-2-14(3-5-15)26-20-19(23)17-10-16(11-24)30-18(17)12-25-20/h10,12,14-15H,2-9,13H2,1H3,(H,25,26). The molecule has 7 nitrogen and oxygen atoms in total. The van der Waals surface area contributed by atoms with E-state index in [0.717, 1.165) is 73.8 Å². The van der Waals surface area contributed by atoms with Crippen molar-refractivity contribution in [2.75, 3.05) is 32.0 Å². The zero-order valence-electron chi connectivity index (χ0n) is 17.2. The third kappa shape index (κ3) is 3.28. The average Bonchev–Trinajstić information content (AvgIpc) is 3.46. The Labute approximate surface area is 184 Å². The minimum atomic E-state index is -0.110. The highest BCUT2D eigenvalue weighted by molar-refractivity contribution is 9.10. The molecule has 4 heterocycles. The Bertz CT molecular complexity index is 1020. The van der Waals surface area contributed by atoms with Gasteiger partial charge in [-0.2, -0.15) is 5.26 Å². The van der Waals surface area contributed by atoms with Crippen molar-refractivity contribution >= 4 is 38.6 Å². The van der Waals surface area contributed by atoms with Gasteiger partial charge in [0.1, 0.15) is 11.9 Å². The van der Waals surface area contributed by atoms with Crippen molar-refractivity contribution in [3.63, 3.8) is 0 Å². The molecule has 1 atom stereocenters. The highest BCUT2D eigenvalue weighted by Gasteiger charge is 2.50. The number of halogens is 1. The van der Waals surface area contributed by atoms with Gasteiger partial charge in [-0.15, -0.1) is 0 Å². The number of nitrogens with zero attached hydrogens (tertiary/aromatic N) is 4. The van der Waals surface area contributed by atoms with Gasteiger partial charge in [0.05, 0.1) is 16.1 Å². The smallest absolute Gasteiger partial charge is 0.229 e. The van der Waals surface area contributed by atoms with Crippen molar-refractivity contribution < 1.29 is 9.21 Å². The van der Waals surface area contributed by atoms with Crippen LogP contribution in [0.5, 0.6) is 0 Å². The number of nitriles is 1. The molecule has 2 aromatic heterocycles. The molecule has 0 aromatic carbocycles. The summed E-state index contributed by atoms with van der Waals surface area (Å²) in [5.74, 6) is 1.45. The van der Waals surface area contributed by atoms with Crippen LogP contribution in [0, 0.1) is 16.7 Å². The molecule has 158 valence electrons. The first-order valence-electron chi connectivity index (χ1n) is 10.7. The van der Waals surface area contributed by atoms with E-state index in [2.05, 4.69) is 31.1 Å². The van der Waals surface area contributed by atoms with Gasteiger partial charge in [-0.25, -0.2) is 4.98 Å². The summed E-state index contributed by atoms with van der Waals surface area (Å²) < 4.78 is 6.30. The van der Waals surface area contributed by atoms with Crippen LogP contribution in [0.25, 0.3) is 11.0 Å². The topological polar surface area (TPSA) is 85.4 Å². The molecule has 8 heteroatoms. The number of nitrogens with one attached hydrogen (secondary N) is 1. The fourth-order valence-electron chi connectivity index (χ4n) is 5.50. The van der Waals surface area contributed by atoms with E-state index in [1.54, 1.807) is 12.3 Å². The maximum Gasteiger partial charge on any atom is 0.229 e. The number of amides is 1. The van der Waals surface area contributed by atoms with Gasteiger partial charge in [0.2, 0.25) is 11.7 Å². The first-order chi connectivity index (χ1) is 14.5. The van der Waals surface area contributed by atoms with Crippen LogP contribution >= 0.6 is 15.9 Å². The Morgan fingerprint density at radius 3 is 2.77 bits per heavy atom. The molecule has 1 aliphatic carbocycles. The number of anilines is 1. The van der Waals surface area contributed by atoms with E-state index in [1.807, 2.05) is 18.0 Å². The SMILES string of the molecule is CN1CCC2(CCN(C3CCC(Nc4ncc5oc(C#N)cc5c4Br)CC3)C2)C1=O. The third-order valence-corrected chi connectivity index (χ3v) is 8.09. The molecule has 2 saturated heterocycles. The molecule has 3 fully saturated rings. The Morgan fingerprint density at radius 1 is 1.30 bits per heavy atom. The van der Waals surface area contributed by atoms with Crippen LogP contribution in [0.3, 0.4) is 0 Å². The predicted octanol–water partition coefficient (Wildman–Crippen LogP) is 3.74. The Hall–Kier alpha value is -2.11. The number of hydrogen-bond donors (Lipinski definition) is 1. The summed E-state index contributed by atoms with van der Waals surface area (Å²) in [6.45, 7) is 2.89.